The van der Waals surface area contributed by atoms with Crippen molar-refractivity contribution in [3.05, 3.63) is 65.2 Å². The fraction of sp³-hybridized carbons (Fsp3) is 0.133. The molecule has 110 valence electrons. The number of halogens is 3. The third-order valence-electron chi connectivity index (χ3n) is 2.78. The van der Waals surface area contributed by atoms with Crippen LogP contribution < -0.4 is 4.74 Å². The van der Waals surface area contributed by atoms with Crippen LogP contribution in [0.3, 0.4) is 0 Å². The van der Waals surface area contributed by atoms with Crippen molar-refractivity contribution in [2.24, 2.45) is 0 Å². The summed E-state index contributed by atoms with van der Waals surface area (Å²) in [7, 11) is 0. The number of alkyl halides is 3. The predicted octanol–water partition coefficient (Wildman–Crippen LogP) is 3.98. The highest BCUT2D eigenvalue weighted by Gasteiger charge is 2.31. The summed E-state index contributed by atoms with van der Waals surface area (Å²) in [5.74, 6) is -1.65. The number of hydrogen-bond donors (Lipinski definition) is 1. The molecule has 6 heteroatoms. The molecule has 0 atom stereocenters. The molecule has 0 fully saturated rings. The van der Waals surface area contributed by atoms with Crippen LogP contribution in [0.4, 0.5) is 13.2 Å². The molecule has 0 spiro atoms. The quantitative estimate of drug-likeness (QED) is 0.928. The lowest BCUT2D eigenvalue weighted by Gasteiger charge is -2.13. The van der Waals surface area contributed by atoms with Gasteiger partial charge in [0.2, 0.25) is 0 Å². The Morgan fingerprint density at radius 2 is 1.76 bits per heavy atom. The Hall–Kier alpha value is -2.50. The molecule has 2 aromatic rings. The molecule has 2 rings (SSSR count). The lowest BCUT2D eigenvalue weighted by molar-refractivity contribution is -0.137. The zero-order valence-electron chi connectivity index (χ0n) is 10.7. The highest BCUT2D eigenvalue weighted by molar-refractivity contribution is 5.91. The Balaban J connectivity index is 2.29. The summed E-state index contributed by atoms with van der Waals surface area (Å²) in [6.07, 6.45) is -4.55. The average molecular weight is 296 g/mol. The first kappa shape index (κ1) is 14.9. The minimum absolute atomic E-state index is 0.0115. The van der Waals surface area contributed by atoms with Gasteiger partial charge in [-0.2, -0.15) is 13.2 Å². The van der Waals surface area contributed by atoms with E-state index in [-0.39, 0.29) is 17.9 Å². The molecule has 21 heavy (non-hydrogen) atoms. The molecule has 2 aromatic carbocycles. The second-order valence-corrected chi connectivity index (χ2v) is 4.29. The smallest absolute Gasteiger partial charge is 0.416 e. The van der Waals surface area contributed by atoms with E-state index < -0.39 is 17.7 Å². The van der Waals surface area contributed by atoms with Crippen LogP contribution in [0.5, 0.6) is 5.75 Å². The Morgan fingerprint density at radius 1 is 1.10 bits per heavy atom. The number of ether oxygens (including phenoxy) is 1. The normalized spacial score (nSPS) is 11.2. The lowest BCUT2D eigenvalue weighted by Crippen LogP contribution is -2.09. The van der Waals surface area contributed by atoms with Crippen molar-refractivity contribution in [3.63, 3.8) is 0 Å². The maximum absolute atomic E-state index is 12.7. The molecule has 0 bridgehead atoms. The molecule has 1 N–H and O–H groups in total. The zero-order chi connectivity index (χ0) is 15.5. The topological polar surface area (TPSA) is 46.5 Å². The number of benzene rings is 2. The predicted molar refractivity (Wildman–Crippen MR) is 69.2 cm³/mol. The molecular formula is C15H11F3O3. The molecule has 0 aliphatic carbocycles. The first-order valence-electron chi connectivity index (χ1n) is 5.99. The maximum Gasteiger partial charge on any atom is 0.416 e. The van der Waals surface area contributed by atoms with E-state index in [9.17, 15) is 18.0 Å². The monoisotopic (exact) mass is 296 g/mol. The van der Waals surface area contributed by atoms with E-state index in [1.54, 1.807) is 30.3 Å². The van der Waals surface area contributed by atoms with E-state index in [2.05, 4.69) is 0 Å². The van der Waals surface area contributed by atoms with Crippen molar-refractivity contribution in [1.82, 2.24) is 0 Å². The number of carbonyl (C=O) groups is 1. The Kier molecular flexibility index (Phi) is 4.16. The van der Waals surface area contributed by atoms with Gasteiger partial charge in [0.25, 0.3) is 0 Å². The highest BCUT2D eigenvalue weighted by atomic mass is 19.4. The van der Waals surface area contributed by atoms with E-state index in [0.29, 0.717) is 6.07 Å². The van der Waals surface area contributed by atoms with Gasteiger partial charge in [-0.05, 0) is 23.8 Å². The van der Waals surface area contributed by atoms with Crippen LogP contribution in [0.25, 0.3) is 0 Å². The van der Waals surface area contributed by atoms with Crippen molar-refractivity contribution in [2.75, 3.05) is 0 Å². The van der Waals surface area contributed by atoms with Crippen molar-refractivity contribution in [2.45, 2.75) is 12.8 Å². The number of carboxylic acids is 1. The fourth-order valence-electron chi connectivity index (χ4n) is 1.73. The van der Waals surface area contributed by atoms with Gasteiger partial charge in [0.15, 0.2) is 0 Å². The molecule has 0 aliphatic rings. The van der Waals surface area contributed by atoms with Crippen molar-refractivity contribution in [3.8, 4) is 5.75 Å². The standard InChI is InChI=1S/C15H11F3O3/c16-15(17,18)11-6-7-12(14(19)20)13(8-11)21-9-10-4-2-1-3-5-10/h1-8H,9H2,(H,19,20). The Morgan fingerprint density at radius 3 is 2.33 bits per heavy atom. The summed E-state index contributed by atoms with van der Waals surface area (Å²) >= 11 is 0. The Bertz CT molecular complexity index is 636. The third-order valence-corrected chi connectivity index (χ3v) is 2.78. The van der Waals surface area contributed by atoms with Crippen LogP contribution in [0.1, 0.15) is 21.5 Å². The third kappa shape index (κ3) is 3.75. The summed E-state index contributed by atoms with van der Waals surface area (Å²) < 4.78 is 43.2. The van der Waals surface area contributed by atoms with E-state index in [0.717, 1.165) is 17.7 Å². The summed E-state index contributed by atoms with van der Waals surface area (Å²) in [5.41, 5.74) is -0.527. The van der Waals surface area contributed by atoms with Crippen LogP contribution in [0.2, 0.25) is 0 Å². The van der Waals surface area contributed by atoms with Crippen LogP contribution in [0.15, 0.2) is 48.5 Å². The molecule has 0 unspecified atom stereocenters. The van der Waals surface area contributed by atoms with Crippen molar-refractivity contribution >= 4 is 5.97 Å². The molecule has 0 aromatic heterocycles. The molecule has 0 radical (unpaired) electrons. The molecule has 0 heterocycles. The molecule has 0 saturated carbocycles. The number of carboxylic acid groups (broad SMARTS) is 1. The maximum atomic E-state index is 12.7. The first-order valence-corrected chi connectivity index (χ1v) is 5.99. The molecule has 0 saturated heterocycles. The van der Waals surface area contributed by atoms with Gasteiger partial charge < -0.3 is 9.84 Å². The summed E-state index contributed by atoms with van der Waals surface area (Å²) in [4.78, 5) is 11.0. The summed E-state index contributed by atoms with van der Waals surface area (Å²) in [6, 6.07) is 11.1. The number of hydrogen-bond acceptors (Lipinski definition) is 2. The number of rotatable bonds is 4. The SMILES string of the molecule is O=C(O)c1ccc(C(F)(F)F)cc1OCc1ccccc1. The zero-order valence-corrected chi connectivity index (χ0v) is 10.7. The van der Waals surface area contributed by atoms with E-state index >= 15 is 0 Å². The summed E-state index contributed by atoms with van der Waals surface area (Å²) in [5, 5.41) is 9.00. The van der Waals surface area contributed by atoms with E-state index in [4.69, 9.17) is 9.84 Å². The van der Waals surface area contributed by atoms with Gasteiger partial charge in [-0.25, -0.2) is 4.79 Å². The minimum Gasteiger partial charge on any atom is -0.488 e. The molecule has 0 aliphatic heterocycles. The van der Waals surface area contributed by atoms with Crippen molar-refractivity contribution in [1.29, 1.82) is 0 Å². The second-order valence-electron chi connectivity index (χ2n) is 4.29. The van der Waals surface area contributed by atoms with Crippen LogP contribution in [-0.4, -0.2) is 11.1 Å². The van der Waals surface area contributed by atoms with Crippen molar-refractivity contribution < 1.29 is 27.8 Å². The highest BCUT2D eigenvalue weighted by Crippen LogP contribution is 2.33. The number of aromatic carboxylic acids is 1. The first-order chi connectivity index (χ1) is 9.88. The second kappa shape index (κ2) is 5.87. The van der Waals surface area contributed by atoms with E-state index in [1.165, 1.54) is 0 Å². The van der Waals surface area contributed by atoms with Gasteiger partial charge in [-0.3, -0.25) is 0 Å². The fourth-order valence-corrected chi connectivity index (χ4v) is 1.73. The van der Waals surface area contributed by atoms with Gasteiger partial charge in [-0.15, -0.1) is 0 Å². The Labute approximate surface area is 118 Å². The van der Waals surface area contributed by atoms with Gasteiger partial charge in [0, 0.05) is 0 Å². The molecular weight excluding hydrogens is 285 g/mol. The summed E-state index contributed by atoms with van der Waals surface area (Å²) in [6.45, 7) is -0.0115. The van der Waals surface area contributed by atoms with E-state index in [1.807, 2.05) is 0 Å². The molecule has 0 amide bonds. The molecule has 3 nitrogen and oxygen atoms in total. The van der Waals surface area contributed by atoms with Crippen LogP contribution in [-0.2, 0) is 12.8 Å². The van der Waals surface area contributed by atoms with Gasteiger partial charge in [0.05, 0.1) is 5.56 Å². The van der Waals surface area contributed by atoms with Crippen LogP contribution in [0, 0.1) is 0 Å². The largest absolute Gasteiger partial charge is 0.488 e. The average Bonchev–Trinajstić information content (AvgIpc) is 2.45. The van der Waals surface area contributed by atoms with Crippen LogP contribution >= 0.6 is 0 Å². The lowest BCUT2D eigenvalue weighted by atomic mass is 10.1. The van der Waals surface area contributed by atoms with Gasteiger partial charge in [0.1, 0.15) is 17.9 Å². The van der Waals surface area contributed by atoms with Gasteiger partial charge in [-0.1, -0.05) is 30.3 Å². The minimum atomic E-state index is -4.55. The van der Waals surface area contributed by atoms with Gasteiger partial charge >= 0.3 is 12.1 Å².